The van der Waals surface area contributed by atoms with Crippen LogP contribution in [0.2, 0.25) is 0 Å². The maximum absolute atomic E-state index is 10.2. The first-order valence-electron chi connectivity index (χ1n) is 2.68. The Morgan fingerprint density at radius 1 is 1.78 bits per heavy atom. The second-order valence-electron chi connectivity index (χ2n) is 1.51. The fourth-order valence-corrected chi connectivity index (χ4v) is 1.25. The highest BCUT2D eigenvalue weighted by Gasteiger charge is 1.91. The molecule has 0 aromatic rings. The Hall–Kier alpha value is 0.110. The maximum atomic E-state index is 10.2. The van der Waals surface area contributed by atoms with Gasteiger partial charge in [0.05, 0.1) is 0 Å². The van der Waals surface area contributed by atoms with Crippen molar-refractivity contribution in [2.75, 3.05) is 11.5 Å². The zero-order valence-corrected chi connectivity index (χ0v) is 6.88. The first-order valence-corrected chi connectivity index (χ1v) is 4.28. The number of carbonyl (C=O) groups is 1. The topological polar surface area (TPSA) is 17.1 Å². The Kier molecular flexibility index (Phi) is 6.31. The molecule has 0 radical (unpaired) electrons. The molecule has 0 bridgehead atoms. The van der Waals surface area contributed by atoms with Crippen molar-refractivity contribution in [3.63, 3.8) is 0 Å². The zero-order valence-electron chi connectivity index (χ0n) is 5.17. The van der Waals surface area contributed by atoms with Crippen LogP contribution in [0.3, 0.4) is 0 Å². The van der Waals surface area contributed by atoms with Crippen LogP contribution in [-0.2, 0) is 4.79 Å². The summed E-state index contributed by atoms with van der Waals surface area (Å²) in [5.41, 5.74) is 0. The lowest BCUT2D eigenvalue weighted by atomic mass is 10.5. The fourth-order valence-electron chi connectivity index (χ4n) is 0.326. The highest BCUT2D eigenvalue weighted by atomic mass is 32.2. The number of rotatable bonds is 5. The predicted molar refractivity (Wildman–Crippen MR) is 46.1 cm³/mol. The van der Waals surface area contributed by atoms with Crippen molar-refractivity contribution in [3.8, 4) is 0 Å². The van der Waals surface area contributed by atoms with Crippen LogP contribution in [0.1, 0.15) is 6.42 Å². The van der Waals surface area contributed by atoms with Gasteiger partial charge in [-0.15, -0.1) is 19.2 Å². The van der Waals surface area contributed by atoms with E-state index in [9.17, 15) is 4.79 Å². The number of thiol groups is 1. The molecule has 52 valence electrons. The van der Waals surface area contributed by atoms with Crippen LogP contribution in [0.25, 0.3) is 0 Å². The molecule has 0 aromatic heterocycles. The van der Waals surface area contributed by atoms with Crippen LogP contribution in [0.4, 0.5) is 0 Å². The standard InChI is InChI=1S/C6H10OS2/c1-2-4-9-5-3-6(7)8/h2H,1,3-5H2,(H,7,8). The lowest BCUT2D eigenvalue weighted by Gasteiger charge is -1.91. The average molecular weight is 162 g/mol. The largest absolute Gasteiger partial charge is 0.287 e. The molecule has 0 rings (SSSR count). The van der Waals surface area contributed by atoms with Crippen molar-refractivity contribution in [3.05, 3.63) is 12.7 Å². The van der Waals surface area contributed by atoms with E-state index in [1.807, 2.05) is 6.08 Å². The van der Waals surface area contributed by atoms with Crippen molar-refractivity contribution in [2.24, 2.45) is 0 Å². The van der Waals surface area contributed by atoms with Crippen molar-refractivity contribution in [2.45, 2.75) is 6.42 Å². The quantitative estimate of drug-likeness (QED) is 0.377. The van der Waals surface area contributed by atoms with Crippen molar-refractivity contribution in [1.82, 2.24) is 0 Å². The van der Waals surface area contributed by atoms with Gasteiger partial charge >= 0.3 is 0 Å². The van der Waals surface area contributed by atoms with Crippen molar-refractivity contribution < 1.29 is 4.79 Å². The molecule has 1 nitrogen and oxygen atoms in total. The van der Waals surface area contributed by atoms with Crippen LogP contribution in [-0.4, -0.2) is 16.6 Å². The summed E-state index contributed by atoms with van der Waals surface area (Å²) in [6.07, 6.45) is 2.38. The molecule has 0 fully saturated rings. The van der Waals surface area contributed by atoms with Gasteiger partial charge in [0.2, 0.25) is 0 Å². The summed E-state index contributed by atoms with van der Waals surface area (Å²) < 4.78 is 0. The minimum atomic E-state index is -0.0356. The Balaban J connectivity index is 2.91. The van der Waals surface area contributed by atoms with E-state index in [1.54, 1.807) is 11.8 Å². The van der Waals surface area contributed by atoms with Crippen LogP contribution >= 0.6 is 24.4 Å². The Morgan fingerprint density at radius 2 is 2.44 bits per heavy atom. The van der Waals surface area contributed by atoms with Gasteiger partial charge in [0, 0.05) is 17.9 Å². The van der Waals surface area contributed by atoms with Crippen LogP contribution < -0.4 is 0 Å². The van der Waals surface area contributed by atoms with Crippen LogP contribution in [0.15, 0.2) is 12.7 Å². The van der Waals surface area contributed by atoms with Gasteiger partial charge in [0.15, 0.2) is 5.12 Å². The highest BCUT2D eigenvalue weighted by molar-refractivity contribution is 8.00. The second-order valence-corrected chi connectivity index (χ2v) is 3.16. The molecule has 0 unspecified atom stereocenters. The average Bonchev–Trinajstić information content (AvgIpc) is 1.80. The van der Waals surface area contributed by atoms with E-state index in [2.05, 4.69) is 19.2 Å². The van der Waals surface area contributed by atoms with Crippen LogP contribution in [0, 0.1) is 0 Å². The van der Waals surface area contributed by atoms with E-state index < -0.39 is 0 Å². The molecule has 0 atom stereocenters. The monoisotopic (exact) mass is 162 g/mol. The summed E-state index contributed by atoms with van der Waals surface area (Å²) in [7, 11) is 0. The molecule has 0 amide bonds. The predicted octanol–water partition coefficient (Wildman–Crippen LogP) is 1.75. The first kappa shape index (κ1) is 9.11. The summed E-state index contributed by atoms with van der Waals surface area (Å²) in [5, 5.41) is -0.0356. The minimum absolute atomic E-state index is 0.0356. The molecular weight excluding hydrogens is 152 g/mol. The number of carbonyl (C=O) groups excluding carboxylic acids is 1. The fraction of sp³-hybridized carbons (Fsp3) is 0.500. The molecular formula is C6H10OS2. The third-order valence-electron chi connectivity index (χ3n) is 0.696. The van der Waals surface area contributed by atoms with Gasteiger partial charge in [-0.1, -0.05) is 6.08 Å². The van der Waals surface area contributed by atoms with E-state index in [0.717, 1.165) is 11.5 Å². The molecule has 0 aliphatic carbocycles. The summed E-state index contributed by atoms with van der Waals surface area (Å²) in [6, 6.07) is 0. The summed E-state index contributed by atoms with van der Waals surface area (Å²) >= 11 is 5.32. The van der Waals surface area contributed by atoms with E-state index in [4.69, 9.17) is 0 Å². The van der Waals surface area contributed by atoms with E-state index in [0.29, 0.717) is 6.42 Å². The van der Waals surface area contributed by atoms with Gasteiger partial charge < -0.3 is 0 Å². The van der Waals surface area contributed by atoms with Crippen molar-refractivity contribution >= 4 is 29.5 Å². The number of thioether (sulfide) groups is 1. The number of hydrogen-bond acceptors (Lipinski definition) is 2. The van der Waals surface area contributed by atoms with Gasteiger partial charge in [-0.05, 0) is 0 Å². The zero-order chi connectivity index (χ0) is 7.11. The molecule has 0 aliphatic heterocycles. The molecule has 0 aliphatic rings. The lowest BCUT2D eigenvalue weighted by Crippen LogP contribution is -1.88. The smallest absolute Gasteiger partial charge is 0.186 e. The third kappa shape index (κ3) is 8.11. The highest BCUT2D eigenvalue weighted by Crippen LogP contribution is 2.02. The minimum Gasteiger partial charge on any atom is -0.287 e. The van der Waals surface area contributed by atoms with E-state index in [-0.39, 0.29) is 5.12 Å². The van der Waals surface area contributed by atoms with E-state index >= 15 is 0 Å². The Morgan fingerprint density at radius 3 is 2.89 bits per heavy atom. The Labute approximate surface area is 65.3 Å². The maximum Gasteiger partial charge on any atom is 0.186 e. The van der Waals surface area contributed by atoms with Crippen molar-refractivity contribution in [1.29, 1.82) is 0 Å². The van der Waals surface area contributed by atoms with Gasteiger partial charge in [-0.25, -0.2) is 0 Å². The van der Waals surface area contributed by atoms with Gasteiger partial charge in [-0.2, -0.15) is 11.8 Å². The number of hydrogen-bond donors (Lipinski definition) is 1. The molecule has 0 N–H and O–H groups in total. The normalized spacial score (nSPS) is 9.00. The van der Waals surface area contributed by atoms with Gasteiger partial charge in [0.1, 0.15) is 0 Å². The SMILES string of the molecule is C=CCSCCC(=O)S. The molecule has 0 heterocycles. The molecule has 0 spiro atoms. The first-order chi connectivity index (χ1) is 4.27. The summed E-state index contributed by atoms with van der Waals surface area (Å²) in [4.78, 5) is 10.2. The second kappa shape index (κ2) is 6.23. The molecule has 0 saturated carbocycles. The van der Waals surface area contributed by atoms with E-state index in [1.165, 1.54) is 0 Å². The van der Waals surface area contributed by atoms with Gasteiger partial charge in [-0.3, -0.25) is 4.79 Å². The molecule has 9 heavy (non-hydrogen) atoms. The summed E-state index contributed by atoms with van der Waals surface area (Å²) in [6.45, 7) is 3.55. The third-order valence-corrected chi connectivity index (χ3v) is 1.88. The molecule has 0 saturated heterocycles. The summed E-state index contributed by atoms with van der Waals surface area (Å²) in [5.74, 6) is 1.77. The lowest BCUT2D eigenvalue weighted by molar-refractivity contribution is -0.110. The Bertz CT molecular complexity index is 101. The van der Waals surface area contributed by atoms with Gasteiger partial charge in [0.25, 0.3) is 0 Å². The molecule has 0 aromatic carbocycles. The van der Waals surface area contributed by atoms with Crippen LogP contribution in [0.5, 0.6) is 0 Å². The molecule has 3 heteroatoms.